The van der Waals surface area contributed by atoms with E-state index in [1.165, 1.54) is 0 Å². The molecule has 172 valence electrons. The Morgan fingerprint density at radius 2 is 1.68 bits per heavy atom. The summed E-state index contributed by atoms with van der Waals surface area (Å²) in [6.45, 7) is -0.698. The van der Waals surface area contributed by atoms with Crippen LogP contribution in [-0.2, 0) is 21.5 Å². The quantitative estimate of drug-likeness (QED) is 0.317. The van der Waals surface area contributed by atoms with Crippen molar-refractivity contribution in [2.75, 3.05) is 11.9 Å². The number of nitro benzene ring substituents is 1. The number of anilines is 1. The number of non-ortho nitro benzene ring substituents is 1. The lowest BCUT2D eigenvalue weighted by atomic mass is 9.83. The van der Waals surface area contributed by atoms with Gasteiger partial charge >= 0.3 is 6.03 Å². The average Bonchev–Trinajstić information content (AvgIpc) is 3.06. The van der Waals surface area contributed by atoms with Crippen molar-refractivity contribution in [3.63, 3.8) is 0 Å². The van der Waals surface area contributed by atoms with Crippen molar-refractivity contribution in [1.82, 2.24) is 10.2 Å². The van der Waals surface area contributed by atoms with Crippen molar-refractivity contribution in [2.24, 2.45) is 0 Å². The van der Waals surface area contributed by atoms with Crippen molar-refractivity contribution in [2.45, 2.75) is 12.0 Å². The van der Waals surface area contributed by atoms with Gasteiger partial charge in [0.25, 0.3) is 11.6 Å². The molecule has 9 nitrogen and oxygen atoms in total. The van der Waals surface area contributed by atoms with Crippen LogP contribution in [0.2, 0.25) is 0 Å². The number of hydrogen-bond acceptors (Lipinski definition) is 5. The van der Waals surface area contributed by atoms with Gasteiger partial charge in [0.05, 0.1) is 10.6 Å². The molecule has 0 spiro atoms. The predicted octanol–water partition coefficient (Wildman–Crippen LogP) is 3.36. The molecule has 0 saturated carbocycles. The van der Waals surface area contributed by atoms with E-state index in [4.69, 9.17) is 0 Å². The molecule has 3 aromatic rings. The molecule has 1 fully saturated rings. The summed E-state index contributed by atoms with van der Waals surface area (Å²) in [5, 5.41) is 15.9. The summed E-state index contributed by atoms with van der Waals surface area (Å²) < 4.78 is 14.0. The van der Waals surface area contributed by atoms with Gasteiger partial charge in [0.1, 0.15) is 12.4 Å². The molecule has 1 heterocycles. The minimum Gasteiger partial charge on any atom is -0.322 e. The molecule has 3 aromatic carbocycles. The van der Waals surface area contributed by atoms with Gasteiger partial charge in [0.2, 0.25) is 5.91 Å². The predicted molar refractivity (Wildman–Crippen MR) is 120 cm³/mol. The number of amides is 4. The average molecular weight is 462 g/mol. The third-order valence-electron chi connectivity index (χ3n) is 5.49. The molecule has 0 radical (unpaired) electrons. The molecule has 0 aromatic heterocycles. The van der Waals surface area contributed by atoms with Crippen molar-refractivity contribution in [3.8, 4) is 0 Å². The molecule has 1 saturated heterocycles. The van der Waals surface area contributed by atoms with Crippen molar-refractivity contribution in [1.29, 1.82) is 0 Å². The molecule has 2 N–H and O–H groups in total. The van der Waals surface area contributed by atoms with Gasteiger partial charge in [-0.2, -0.15) is 0 Å². The summed E-state index contributed by atoms with van der Waals surface area (Å²) in [5.74, 6) is -2.41. The van der Waals surface area contributed by atoms with Crippen LogP contribution in [0.3, 0.4) is 0 Å². The number of benzene rings is 3. The minimum absolute atomic E-state index is 0.153. The Morgan fingerprint density at radius 1 is 1.03 bits per heavy atom. The van der Waals surface area contributed by atoms with E-state index in [0.29, 0.717) is 5.56 Å². The standard InChI is InChI=1S/C24H19FN4O5/c25-19-12-11-18(29(33)34)13-20(19)26-21(30)15-28-22(31)24(27-23(28)32,17-9-5-2-6-10-17)14-16-7-3-1-4-8-16/h1-13H,14-15H2,(H,26,30)(H,27,32)/t24-/m0/s1. The van der Waals surface area contributed by atoms with Crippen LogP contribution >= 0.6 is 0 Å². The van der Waals surface area contributed by atoms with Gasteiger partial charge in [0.15, 0.2) is 5.54 Å². The van der Waals surface area contributed by atoms with Crippen LogP contribution in [0.15, 0.2) is 78.9 Å². The number of rotatable bonds is 7. The minimum atomic E-state index is -1.43. The van der Waals surface area contributed by atoms with Gasteiger partial charge in [-0.05, 0) is 17.2 Å². The maximum Gasteiger partial charge on any atom is 0.325 e. The second-order valence-electron chi connectivity index (χ2n) is 7.72. The number of hydrogen-bond donors (Lipinski definition) is 2. The van der Waals surface area contributed by atoms with Gasteiger partial charge in [-0.15, -0.1) is 0 Å². The maximum absolute atomic E-state index is 14.0. The van der Waals surface area contributed by atoms with Gasteiger partial charge in [0, 0.05) is 18.6 Å². The van der Waals surface area contributed by atoms with E-state index >= 15 is 0 Å². The normalized spacial score (nSPS) is 17.4. The molecule has 4 rings (SSSR count). The number of carbonyl (C=O) groups is 3. The number of carbonyl (C=O) groups excluding carboxylic acids is 3. The van der Waals surface area contributed by atoms with E-state index in [-0.39, 0.29) is 6.42 Å². The van der Waals surface area contributed by atoms with Crippen LogP contribution in [0.4, 0.5) is 20.6 Å². The first-order valence-corrected chi connectivity index (χ1v) is 10.3. The lowest BCUT2D eigenvalue weighted by Crippen LogP contribution is -2.46. The third kappa shape index (κ3) is 4.33. The van der Waals surface area contributed by atoms with E-state index in [1.54, 1.807) is 30.3 Å². The monoisotopic (exact) mass is 462 g/mol. The SMILES string of the molecule is O=C(CN1C(=O)N[C@@](Cc2ccccc2)(c2ccccc2)C1=O)Nc1cc([N+](=O)[O-])ccc1F. The largest absolute Gasteiger partial charge is 0.325 e. The Morgan fingerprint density at radius 3 is 2.32 bits per heavy atom. The van der Waals surface area contributed by atoms with E-state index in [2.05, 4.69) is 10.6 Å². The number of nitrogens with zero attached hydrogens (tertiary/aromatic N) is 2. The Kier molecular flexibility index (Phi) is 6.05. The molecule has 10 heteroatoms. The lowest BCUT2D eigenvalue weighted by molar-refractivity contribution is -0.384. The summed E-state index contributed by atoms with van der Waals surface area (Å²) in [6.07, 6.45) is 0.153. The maximum atomic E-state index is 14.0. The number of nitro groups is 1. The molecule has 0 bridgehead atoms. The molecule has 0 aliphatic carbocycles. The van der Waals surface area contributed by atoms with E-state index < -0.39 is 52.0 Å². The zero-order valence-corrected chi connectivity index (χ0v) is 17.7. The Balaban J connectivity index is 1.60. The van der Waals surface area contributed by atoms with Crippen molar-refractivity contribution < 1.29 is 23.7 Å². The first-order valence-electron chi connectivity index (χ1n) is 10.3. The molecule has 4 amide bonds. The van der Waals surface area contributed by atoms with Crippen LogP contribution in [0, 0.1) is 15.9 Å². The third-order valence-corrected chi connectivity index (χ3v) is 5.49. The van der Waals surface area contributed by atoms with Crippen LogP contribution < -0.4 is 10.6 Å². The first kappa shape index (κ1) is 22.6. The van der Waals surface area contributed by atoms with Gasteiger partial charge in [-0.3, -0.25) is 24.6 Å². The van der Waals surface area contributed by atoms with Crippen LogP contribution in [0.1, 0.15) is 11.1 Å². The molecule has 1 aliphatic rings. The summed E-state index contributed by atoms with van der Waals surface area (Å²) in [5.41, 5.74) is -0.936. The fourth-order valence-electron chi connectivity index (χ4n) is 3.87. The van der Waals surface area contributed by atoms with E-state index in [0.717, 1.165) is 28.7 Å². The second kappa shape index (κ2) is 9.10. The zero-order valence-electron chi connectivity index (χ0n) is 17.7. The van der Waals surface area contributed by atoms with Crippen LogP contribution in [-0.4, -0.2) is 34.2 Å². The highest BCUT2D eigenvalue weighted by Gasteiger charge is 2.52. The summed E-state index contributed by atoms with van der Waals surface area (Å²) in [7, 11) is 0. The van der Waals surface area contributed by atoms with E-state index in [1.807, 2.05) is 30.3 Å². The topological polar surface area (TPSA) is 122 Å². The zero-order chi connectivity index (χ0) is 24.3. The van der Waals surface area contributed by atoms with Crippen molar-refractivity contribution in [3.05, 3.63) is 106 Å². The fourth-order valence-corrected chi connectivity index (χ4v) is 3.87. The molecule has 0 unspecified atom stereocenters. The number of nitrogens with one attached hydrogen (secondary N) is 2. The lowest BCUT2D eigenvalue weighted by Gasteiger charge is -2.27. The Hall–Kier alpha value is -4.60. The van der Waals surface area contributed by atoms with Gasteiger partial charge in [-0.1, -0.05) is 60.7 Å². The Labute approximate surface area is 193 Å². The molecular formula is C24H19FN4O5. The highest BCUT2D eigenvalue weighted by Crippen LogP contribution is 2.33. The van der Waals surface area contributed by atoms with Gasteiger partial charge < -0.3 is 10.6 Å². The summed E-state index contributed by atoms with van der Waals surface area (Å²) in [6, 6.07) is 19.7. The molecule has 34 heavy (non-hydrogen) atoms. The summed E-state index contributed by atoms with van der Waals surface area (Å²) in [4.78, 5) is 49.9. The van der Waals surface area contributed by atoms with Crippen LogP contribution in [0.5, 0.6) is 0 Å². The molecule has 1 atom stereocenters. The summed E-state index contributed by atoms with van der Waals surface area (Å²) >= 11 is 0. The number of urea groups is 1. The fraction of sp³-hybridized carbons (Fsp3) is 0.125. The van der Waals surface area contributed by atoms with Gasteiger partial charge in [-0.25, -0.2) is 9.18 Å². The number of halogens is 1. The van der Waals surface area contributed by atoms with Crippen molar-refractivity contribution >= 4 is 29.2 Å². The number of imide groups is 1. The molecule has 1 aliphatic heterocycles. The smallest absolute Gasteiger partial charge is 0.322 e. The second-order valence-corrected chi connectivity index (χ2v) is 7.72. The highest BCUT2D eigenvalue weighted by atomic mass is 19.1. The Bertz CT molecular complexity index is 1270. The van der Waals surface area contributed by atoms with Crippen LogP contribution in [0.25, 0.3) is 0 Å². The molecular weight excluding hydrogens is 443 g/mol. The van der Waals surface area contributed by atoms with E-state index in [9.17, 15) is 28.9 Å². The first-order chi connectivity index (χ1) is 16.3. The highest BCUT2D eigenvalue weighted by molar-refractivity contribution is 6.10.